The van der Waals surface area contributed by atoms with E-state index in [0.717, 1.165) is 23.3 Å². The fraction of sp³-hybridized carbons (Fsp3) is 0.235. The molecule has 2 nitrogen and oxygen atoms in total. The number of aromatic amines is 1. The first kappa shape index (κ1) is 12.0. The number of rotatable bonds is 3. The second-order valence-electron chi connectivity index (χ2n) is 4.96. The summed E-state index contributed by atoms with van der Waals surface area (Å²) in [5, 5.41) is 0. The minimum atomic E-state index is 0.341. The van der Waals surface area contributed by atoms with Gasteiger partial charge in [-0.05, 0) is 30.5 Å². The third-order valence-corrected chi connectivity index (χ3v) is 3.67. The van der Waals surface area contributed by atoms with E-state index in [1.165, 1.54) is 11.1 Å². The standard InChI is InChI=1S/C17H18N2/c1-3-14(13-9-5-4-6-10-13)17-18-15-11-7-8-12(2)16(15)19-17/h4-11,14H,3H2,1-2H3,(H,18,19). The summed E-state index contributed by atoms with van der Waals surface area (Å²) in [6, 6.07) is 16.9. The smallest absolute Gasteiger partial charge is 0.114 e. The molecule has 1 heterocycles. The second-order valence-corrected chi connectivity index (χ2v) is 4.96. The predicted octanol–water partition coefficient (Wildman–Crippen LogP) is 4.41. The van der Waals surface area contributed by atoms with Gasteiger partial charge in [-0.1, -0.05) is 49.4 Å². The van der Waals surface area contributed by atoms with Crippen LogP contribution in [-0.2, 0) is 0 Å². The molecular formula is C17H18N2. The van der Waals surface area contributed by atoms with Crippen molar-refractivity contribution in [2.24, 2.45) is 0 Å². The Labute approximate surface area is 113 Å². The number of benzene rings is 2. The second kappa shape index (κ2) is 4.88. The van der Waals surface area contributed by atoms with Gasteiger partial charge in [0.2, 0.25) is 0 Å². The maximum atomic E-state index is 4.80. The van der Waals surface area contributed by atoms with Crippen LogP contribution in [0.15, 0.2) is 48.5 Å². The van der Waals surface area contributed by atoms with Crippen molar-refractivity contribution < 1.29 is 0 Å². The summed E-state index contributed by atoms with van der Waals surface area (Å²) in [7, 11) is 0. The first-order chi connectivity index (χ1) is 9.29. The number of nitrogens with one attached hydrogen (secondary N) is 1. The van der Waals surface area contributed by atoms with E-state index < -0.39 is 0 Å². The van der Waals surface area contributed by atoms with Gasteiger partial charge in [0.25, 0.3) is 0 Å². The SMILES string of the molecule is CCC(c1ccccc1)c1nc2c(C)cccc2[nH]1. The zero-order valence-corrected chi connectivity index (χ0v) is 11.4. The van der Waals surface area contributed by atoms with Gasteiger partial charge < -0.3 is 4.98 Å². The van der Waals surface area contributed by atoms with Crippen molar-refractivity contribution in [3.63, 3.8) is 0 Å². The van der Waals surface area contributed by atoms with Gasteiger partial charge in [-0.25, -0.2) is 4.98 Å². The maximum absolute atomic E-state index is 4.80. The first-order valence-corrected chi connectivity index (χ1v) is 6.79. The predicted molar refractivity (Wildman–Crippen MR) is 79.4 cm³/mol. The third kappa shape index (κ3) is 2.14. The summed E-state index contributed by atoms with van der Waals surface area (Å²) in [6.07, 6.45) is 1.04. The average molecular weight is 250 g/mol. The van der Waals surface area contributed by atoms with Crippen molar-refractivity contribution in [2.45, 2.75) is 26.2 Å². The van der Waals surface area contributed by atoms with Crippen LogP contribution in [0.2, 0.25) is 0 Å². The minimum absolute atomic E-state index is 0.341. The number of nitrogens with zero attached hydrogens (tertiary/aromatic N) is 1. The van der Waals surface area contributed by atoms with Crippen LogP contribution in [0.1, 0.15) is 36.2 Å². The highest BCUT2D eigenvalue weighted by atomic mass is 14.9. The molecule has 0 aliphatic carbocycles. The average Bonchev–Trinajstić information content (AvgIpc) is 2.86. The van der Waals surface area contributed by atoms with Gasteiger partial charge in [0.15, 0.2) is 0 Å². The zero-order chi connectivity index (χ0) is 13.2. The Morgan fingerprint density at radius 3 is 2.53 bits per heavy atom. The molecule has 0 saturated carbocycles. The van der Waals surface area contributed by atoms with Gasteiger partial charge in [0.05, 0.1) is 11.0 Å². The number of hydrogen-bond acceptors (Lipinski definition) is 1. The fourth-order valence-corrected chi connectivity index (χ4v) is 2.63. The van der Waals surface area contributed by atoms with Crippen LogP contribution in [0, 0.1) is 6.92 Å². The molecule has 96 valence electrons. The minimum Gasteiger partial charge on any atom is -0.341 e. The molecule has 2 aromatic carbocycles. The monoisotopic (exact) mass is 250 g/mol. The van der Waals surface area contributed by atoms with Crippen molar-refractivity contribution in [3.05, 3.63) is 65.5 Å². The lowest BCUT2D eigenvalue weighted by atomic mass is 9.96. The maximum Gasteiger partial charge on any atom is 0.114 e. The lowest BCUT2D eigenvalue weighted by molar-refractivity contribution is 0.732. The number of imidazole rings is 1. The topological polar surface area (TPSA) is 28.7 Å². The van der Waals surface area contributed by atoms with E-state index in [9.17, 15) is 0 Å². The van der Waals surface area contributed by atoms with E-state index in [1.54, 1.807) is 0 Å². The number of fused-ring (bicyclic) bond motifs is 1. The van der Waals surface area contributed by atoms with Gasteiger partial charge in [-0.2, -0.15) is 0 Å². The summed E-state index contributed by atoms with van der Waals surface area (Å²) >= 11 is 0. The summed E-state index contributed by atoms with van der Waals surface area (Å²) < 4.78 is 0. The van der Waals surface area contributed by atoms with E-state index in [0.29, 0.717) is 5.92 Å². The molecule has 2 heteroatoms. The van der Waals surface area contributed by atoms with Gasteiger partial charge >= 0.3 is 0 Å². The molecule has 19 heavy (non-hydrogen) atoms. The normalized spacial score (nSPS) is 12.7. The van der Waals surface area contributed by atoms with Crippen LogP contribution in [0.5, 0.6) is 0 Å². The van der Waals surface area contributed by atoms with Crippen molar-refractivity contribution in [1.29, 1.82) is 0 Å². The molecule has 0 fully saturated rings. The highest BCUT2D eigenvalue weighted by Crippen LogP contribution is 2.28. The molecule has 1 N–H and O–H groups in total. The van der Waals surface area contributed by atoms with Gasteiger partial charge in [-0.15, -0.1) is 0 Å². The van der Waals surface area contributed by atoms with Gasteiger partial charge in [0.1, 0.15) is 5.82 Å². The van der Waals surface area contributed by atoms with Crippen LogP contribution in [0.4, 0.5) is 0 Å². The van der Waals surface area contributed by atoms with E-state index in [-0.39, 0.29) is 0 Å². The number of para-hydroxylation sites is 1. The van der Waals surface area contributed by atoms with E-state index in [1.807, 2.05) is 0 Å². The van der Waals surface area contributed by atoms with Crippen LogP contribution in [0.3, 0.4) is 0 Å². The van der Waals surface area contributed by atoms with Crippen molar-refractivity contribution in [1.82, 2.24) is 9.97 Å². The molecule has 0 radical (unpaired) electrons. The van der Waals surface area contributed by atoms with Crippen LogP contribution < -0.4 is 0 Å². The first-order valence-electron chi connectivity index (χ1n) is 6.79. The summed E-state index contributed by atoms with van der Waals surface area (Å²) in [6.45, 7) is 4.31. The number of hydrogen-bond donors (Lipinski definition) is 1. The fourth-order valence-electron chi connectivity index (χ4n) is 2.63. The lowest BCUT2D eigenvalue weighted by Crippen LogP contribution is -2.01. The van der Waals surface area contributed by atoms with Crippen molar-refractivity contribution >= 4 is 11.0 Å². The molecule has 3 aromatic rings. The lowest BCUT2D eigenvalue weighted by Gasteiger charge is -2.12. The van der Waals surface area contributed by atoms with Crippen molar-refractivity contribution in [2.75, 3.05) is 0 Å². The van der Waals surface area contributed by atoms with Crippen LogP contribution in [0.25, 0.3) is 11.0 Å². The molecule has 0 amide bonds. The molecule has 0 bridgehead atoms. The largest absolute Gasteiger partial charge is 0.341 e. The highest BCUT2D eigenvalue weighted by molar-refractivity contribution is 5.78. The number of aryl methyl sites for hydroxylation is 1. The molecule has 1 unspecified atom stereocenters. The Hall–Kier alpha value is -2.09. The number of H-pyrrole nitrogens is 1. The molecule has 0 spiro atoms. The van der Waals surface area contributed by atoms with Crippen molar-refractivity contribution in [3.8, 4) is 0 Å². The molecule has 1 atom stereocenters. The molecule has 1 aromatic heterocycles. The summed E-state index contributed by atoms with van der Waals surface area (Å²) in [5.74, 6) is 1.41. The Morgan fingerprint density at radius 2 is 1.84 bits per heavy atom. The van der Waals surface area contributed by atoms with Gasteiger partial charge in [0, 0.05) is 5.92 Å². The molecule has 3 rings (SSSR count). The molecular weight excluding hydrogens is 232 g/mol. The Balaban J connectivity index is 2.09. The van der Waals surface area contributed by atoms with Crippen LogP contribution in [-0.4, -0.2) is 9.97 Å². The van der Waals surface area contributed by atoms with E-state index in [2.05, 4.69) is 67.4 Å². The van der Waals surface area contributed by atoms with E-state index in [4.69, 9.17) is 4.98 Å². The Kier molecular flexibility index (Phi) is 3.08. The quantitative estimate of drug-likeness (QED) is 0.732. The highest BCUT2D eigenvalue weighted by Gasteiger charge is 2.16. The molecule has 0 saturated heterocycles. The summed E-state index contributed by atoms with van der Waals surface area (Å²) in [4.78, 5) is 8.28. The molecule has 0 aliphatic heterocycles. The van der Waals surface area contributed by atoms with Crippen LogP contribution >= 0.6 is 0 Å². The zero-order valence-electron chi connectivity index (χ0n) is 11.4. The summed E-state index contributed by atoms with van der Waals surface area (Å²) in [5.41, 5.74) is 4.76. The Bertz CT molecular complexity index is 683. The third-order valence-electron chi connectivity index (χ3n) is 3.67. The molecule has 0 aliphatic rings. The Morgan fingerprint density at radius 1 is 1.05 bits per heavy atom. The number of aromatic nitrogens is 2. The van der Waals surface area contributed by atoms with Gasteiger partial charge in [-0.3, -0.25) is 0 Å². The van der Waals surface area contributed by atoms with E-state index >= 15 is 0 Å².